The Labute approximate surface area is 108 Å². The molecule has 0 amide bonds. The molecule has 19 heavy (non-hydrogen) atoms. The Morgan fingerprint density at radius 3 is 2.74 bits per heavy atom. The van der Waals surface area contributed by atoms with E-state index >= 15 is 0 Å². The van der Waals surface area contributed by atoms with Crippen LogP contribution in [0.25, 0.3) is 0 Å². The molecule has 1 aromatic heterocycles. The van der Waals surface area contributed by atoms with Gasteiger partial charge in [0.2, 0.25) is 0 Å². The number of rotatable bonds is 4. The predicted molar refractivity (Wildman–Crippen MR) is 63.9 cm³/mol. The molecule has 0 unspecified atom stereocenters. The minimum atomic E-state index is -0.978. The molecule has 0 saturated carbocycles. The van der Waals surface area contributed by atoms with Crippen LogP contribution < -0.4 is 11.2 Å². The van der Waals surface area contributed by atoms with Crippen molar-refractivity contribution in [3.8, 4) is 0 Å². The van der Waals surface area contributed by atoms with E-state index < -0.39 is 35.8 Å². The lowest BCUT2D eigenvalue weighted by atomic mass is 10.1. The Hall–Kier alpha value is -1.48. The number of aromatic amines is 1. The molecule has 2 N–H and O–H groups in total. The van der Waals surface area contributed by atoms with Crippen molar-refractivity contribution in [2.24, 2.45) is 0 Å². The number of methoxy groups -OCH3 is 2. The molecular weight excluding hydrogens is 256 g/mol. The van der Waals surface area contributed by atoms with Gasteiger partial charge in [0, 0.05) is 26.5 Å². The first-order valence-electron chi connectivity index (χ1n) is 5.75. The van der Waals surface area contributed by atoms with Crippen LogP contribution in [0.4, 0.5) is 0 Å². The van der Waals surface area contributed by atoms with Gasteiger partial charge in [0.05, 0.1) is 12.6 Å². The fourth-order valence-corrected chi connectivity index (χ4v) is 2.16. The Balaban J connectivity index is 2.24. The third kappa shape index (κ3) is 2.61. The Morgan fingerprint density at radius 1 is 1.47 bits per heavy atom. The summed E-state index contributed by atoms with van der Waals surface area (Å²) < 4.78 is 16.7. The molecule has 1 aromatic rings. The number of ether oxygens (including phenoxy) is 3. The summed E-state index contributed by atoms with van der Waals surface area (Å²) in [4.78, 5) is 24.8. The average molecular weight is 272 g/mol. The smallest absolute Gasteiger partial charge is 0.328 e. The number of hydrogen-bond acceptors (Lipinski definition) is 6. The summed E-state index contributed by atoms with van der Waals surface area (Å²) >= 11 is 0. The molecule has 1 aliphatic heterocycles. The topological polar surface area (TPSA) is 103 Å². The van der Waals surface area contributed by atoms with Crippen LogP contribution in [-0.4, -0.2) is 54.0 Å². The monoisotopic (exact) mass is 272 g/mol. The summed E-state index contributed by atoms with van der Waals surface area (Å²) in [5.74, 6) is 0. The lowest BCUT2D eigenvalue weighted by Gasteiger charge is -2.24. The van der Waals surface area contributed by atoms with Gasteiger partial charge in [-0.2, -0.15) is 0 Å². The van der Waals surface area contributed by atoms with Crippen LogP contribution in [0.2, 0.25) is 0 Å². The van der Waals surface area contributed by atoms with E-state index in [4.69, 9.17) is 14.2 Å². The second kappa shape index (κ2) is 5.66. The molecule has 1 saturated heterocycles. The van der Waals surface area contributed by atoms with E-state index in [9.17, 15) is 14.7 Å². The maximum atomic E-state index is 11.7. The number of H-pyrrole nitrogens is 1. The molecule has 1 aliphatic rings. The SMILES string of the molecule is COC(OC)[C@@H]1OC[C@H](n2ccc(=O)[nH]c2=O)[C@H]1O. The van der Waals surface area contributed by atoms with Crippen molar-refractivity contribution in [3.63, 3.8) is 0 Å². The number of aliphatic hydroxyl groups excluding tert-OH is 1. The Morgan fingerprint density at radius 2 is 2.16 bits per heavy atom. The van der Waals surface area contributed by atoms with E-state index in [2.05, 4.69) is 4.98 Å². The molecule has 8 heteroatoms. The molecule has 0 radical (unpaired) electrons. The average Bonchev–Trinajstić information content (AvgIpc) is 2.74. The van der Waals surface area contributed by atoms with Gasteiger partial charge in [-0.15, -0.1) is 0 Å². The van der Waals surface area contributed by atoms with Crippen LogP contribution >= 0.6 is 0 Å². The van der Waals surface area contributed by atoms with Crippen molar-refractivity contribution < 1.29 is 19.3 Å². The number of aliphatic hydroxyl groups is 1. The number of nitrogens with zero attached hydrogens (tertiary/aromatic N) is 1. The normalized spacial score (nSPS) is 27.1. The summed E-state index contributed by atoms with van der Waals surface area (Å²) in [7, 11) is 2.87. The maximum absolute atomic E-state index is 11.7. The predicted octanol–water partition coefficient (Wildman–Crippen LogP) is -1.54. The van der Waals surface area contributed by atoms with Crippen LogP contribution in [0.3, 0.4) is 0 Å². The zero-order chi connectivity index (χ0) is 14.0. The standard InChI is InChI=1S/C11H16N2O6/c1-17-10(18-2)9-8(15)6(5-19-9)13-4-3-7(14)12-11(13)16/h3-4,6,8-10,15H,5H2,1-2H3,(H,12,14,16)/t6-,8+,9+/m0/s1. The zero-order valence-electron chi connectivity index (χ0n) is 10.6. The highest BCUT2D eigenvalue weighted by molar-refractivity contribution is 4.94. The summed E-state index contributed by atoms with van der Waals surface area (Å²) in [6.07, 6.45) is -1.07. The number of hydrogen-bond donors (Lipinski definition) is 2. The van der Waals surface area contributed by atoms with E-state index in [0.717, 1.165) is 0 Å². The summed E-state index contributed by atoms with van der Waals surface area (Å²) in [6, 6.07) is 0.619. The van der Waals surface area contributed by atoms with Crippen molar-refractivity contribution in [1.29, 1.82) is 0 Å². The summed E-state index contributed by atoms with van der Waals surface area (Å²) in [5, 5.41) is 10.2. The molecule has 0 aliphatic carbocycles. The fourth-order valence-electron chi connectivity index (χ4n) is 2.16. The van der Waals surface area contributed by atoms with Crippen LogP contribution in [0.15, 0.2) is 21.9 Å². The van der Waals surface area contributed by atoms with Crippen molar-refractivity contribution in [1.82, 2.24) is 9.55 Å². The van der Waals surface area contributed by atoms with E-state index in [-0.39, 0.29) is 6.61 Å². The van der Waals surface area contributed by atoms with Crippen molar-refractivity contribution in [3.05, 3.63) is 33.1 Å². The highest BCUT2D eigenvalue weighted by Crippen LogP contribution is 2.26. The van der Waals surface area contributed by atoms with Crippen LogP contribution in [0, 0.1) is 0 Å². The Kier molecular flexibility index (Phi) is 4.15. The summed E-state index contributed by atoms with van der Waals surface area (Å²) in [5.41, 5.74) is -1.08. The molecule has 2 heterocycles. The molecule has 8 nitrogen and oxygen atoms in total. The lowest BCUT2D eigenvalue weighted by Crippen LogP contribution is -2.42. The molecule has 3 atom stereocenters. The van der Waals surface area contributed by atoms with E-state index in [0.29, 0.717) is 0 Å². The van der Waals surface area contributed by atoms with Gasteiger partial charge in [0.15, 0.2) is 6.29 Å². The summed E-state index contributed by atoms with van der Waals surface area (Å²) in [6.45, 7) is 0.126. The second-order valence-electron chi connectivity index (χ2n) is 4.21. The maximum Gasteiger partial charge on any atom is 0.328 e. The van der Waals surface area contributed by atoms with Gasteiger partial charge in [-0.3, -0.25) is 14.3 Å². The lowest BCUT2D eigenvalue weighted by molar-refractivity contribution is -0.185. The second-order valence-corrected chi connectivity index (χ2v) is 4.21. The molecule has 0 spiro atoms. The largest absolute Gasteiger partial charge is 0.388 e. The van der Waals surface area contributed by atoms with Gasteiger partial charge < -0.3 is 19.3 Å². The van der Waals surface area contributed by atoms with Gasteiger partial charge in [-0.05, 0) is 0 Å². The highest BCUT2D eigenvalue weighted by Gasteiger charge is 2.42. The Bertz CT molecular complexity index is 534. The molecule has 1 fully saturated rings. The first-order chi connectivity index (χ1) is 9.08. The third-order valence-electron chi connectivity index (χ3n) is 3.13. The van der Waals surface area contributed by atoms with Crippen LogP contribution in [-0.2, 0) is 14.2 Å². The molecule has 0 bridgehead atoms. The van der Waals surface area contributed by atoms with E-state index in [1.165, 1.54) is 31.0 Å². The van der Waals surface area contributed by atoms with Gasteiger partial charge in [0.1, 0.15) is 12.2 Å². The molecule has 106 valence electrons. The van der Waals surface area contributed by atoms with Crippen LogP contribution in [0.5, 0.6) is 0 Å². The minimum absolute atomic E-state index is 0.126. The van der Waals surface area contributed by atoms with Crippen molar-refractivity contribution in [2.45, 2.75) is 24.5 Å². The third-order valence-corrected chi connectivity index (χ3v) is 3.13. The van der Waals surface area contributed by atoms with Gasteiger partial charge in [-0.25, -0.2) is 4.79 Å². The molecule has 2 rings (SSSR count). The number of aromatic nitrogens is 2. The van der Waals surface area contributed by atoms with Crippen molar-refractivity contribution >= 4 is 0 Å². The first-order valence-corrected chi connectivity index (χ1v) is 5.75. The number of nitrogens with one attached hydrogen (secondary N) is 1. The van der Waals surface area contributed by atoms with Crippen LogP contribution in [0.1, 0.15) is 6.04 Å². The van der Waals surface area contributed by atoms with Crippen molar-refractivity contribution in [2.75, 3.05) is 20.8 Å². The highest BCUT2D eigenvalue weighted by atomic mass is 16.7. The minimum Gasteiger partial charge on any atom is -0.388 e. The first kappa shape index (κ1) is 13.9. The molecular formula is C11H16N2O6. The van der Waals surface area contributed by atoms with Gasteiger partial charge in [-0.1, -0.05) is 0 Å². The van der Waals surface area contributed by atoms with E-state index in [1.54, 1.807) is 0 Å². The van der Waals surface area contributed by atoms with Gasteiger partial charge >= 0.3 is 5.69 Å². The van der Waals surface area contributed by atoms with Gasteiger partial charge in [0.25, 0.3) is 5.56 Å². The fraction of sp³-hybridized carbons (Fsp3) is 0.636. The quantitative estimate of drug-likeness (QED) is 0.644. The molecule has 0 aromatic carbocycles. The van der Waals surface area contributed by atoms with E-state index in [1.807, 2.05) is 0 Å². The zero-order valence-corrected chi connectivity index (χ0v) is 10.6.